The van der Waals surface area contributed by atoms with Crippen molar-refractivity contribution >= 4 is 11.9 Å². The van der Waals surface area contributed by atoms with E-state index in [-0.39, 0.29) is 31.9 Å². The molecule has 0 unspecified atom stereocenters. The van der Waals surface area contributed by atoms with E-state index in [4.69, 9.17) is 23.7 Å². The Morgan fingerprint density at radius 2 is 1.76 bits per heavy atom. The maximum atomic E-state index is 13.3. The van der Waals surface area contributed by atoms with E-state index >= 15 is 0 Å². The number of amides is 1. The maximum Gasteiger partial charge on any atom is 0.308 e. The fraction of sp³-hybridized carbons (Fsp3) is 0.548. The summed E-state index contributed by atoms with van der Waals surface area (Å²) in [6, 6.07) is 10.7. The Morgan fingerprint density at radius 1 is 1.05 bits per heavy atom. The molecule has 2 aliphatic rings. The van der Waals surface area contributed by atoms with Crippen molar-refractivity contribution in [3.05, 3.63) is 42.0 Å². The summed E-state index contributed by atoms with van der Waals surface area (Å²) in [7, 11) is 3.12. The number of hydrogen-bond donors (Lipinski definition) is 2. The van der Waals surface area contributed by atoms with Gasteiger partial charge in [-0.2, -0.15) is 0 Å². The molecule has 10 nitrogen and oxygen atoms in total. The van der Waals surface area contributed by atoms with E-state index in [1.54, 1.807) is 14.2 Å². The van der Waals surface area contributed by atoms with Crippen molar-refractivity contribution in [1.29, 1.82) is 0 Å². The molecule has 1 fully saturated rings. The Balaban J connectivity index is 1.59. The zero-order valence-electron chi connectivity index (χ0n) is 24.4. The van der Waals surface area contributed by atoms with Crippen molar-refractivity contribution in [3.8, 4) is 28.7 Å². The summed E-state index contributed by atoms with van der Waals surface area (Å²) >= 11 is 0. The van der Waals surface area contributed by atoms with E-state index in [0.717, 1.165) is 31.2 Å². The standard InChI is InChI=1S/C31H42N2O8/c1-5-9-21(10-6-2)32-28(34)18-33-17-22(20-15-26(38-4)30-27(16-20)40-19-41-30)29(31(35)36)23(33)13-14-39-25-12-8-7-11-24(25)37-3/h7-8,11-12,15-16,21-23,29H,5-6,9-10,13-14,17-19H2,1-4H3,(H,32,34)(H,35,36)/t22-,23+,29-/m1/s1. The number of aliphatic carboxylic acids is 1. The van der Waals surface area contributed by atoms with Gasteiger partial charge < -0.3 is 34.1 Å². The van der Waals surface area contributed by atoms with Crippen LogP contribution in [0.15, 0.2) is 36.4 Å². The molecular weight excluding hydrogens is 528 g/mol. The van der Waals surface area contributed by atoms with Crippen LogP contribution in [0.25, 0.3) is 0 Å². The van der Waals surface area contributed by atoms with E-state index in [9.17, 15) is 14.7 Å². The number of likely N-dealkylation sites (tertiary alicyclic amines) is 1. The molecule has 0 aromatic heterocycles. The SMILES string of the molecule is CCCC(CCC)NC(=O)CN1C[C@H](c2cc(OC)c3c(c2)OCO3)[C@@H](C(=O)O)[C@@H]1CCOc1ccccc1OC. The summed E-state index contributed by atoms with van der Waals surface area (Å²) in [5, 5.41) is 13.7. The van der Waals surface area contributed by atoms with Gasteiger partial charge in [0, 0.05) is 24.5 Å². The minimum absolute atomic E-state index is 0.0774. The number of carbonyl (C=O) groups excluding carboxylic acids is 1. The number of hydrogen-bond acceptors (Lipinski definition) is 8. The van der Waals surface area contributed by atoms with Crippen LogP contribution in [0.1, 0.15) is 57.4 Å². The third-order valence-electron chi connectivity index (χ3n) is 7.87. The average Bonchev–Trinajstić information content (AvgIpc) is 3.58. The number of nitrogens with zero attached hydrogens (tertiary/aromatic N) is 1. The molecule has 0 radical (unpaired) electrons. The van der Waals surface area contributed by atoms with Crippen LogP contribution in [0, 0.1) is 5.92 Å². The third-order valence-corrected chi connectivity index (χ3v) is 7.87. The predicted molar refractivity (Wildman–Crippen MR) is 153 cm³/mol. The number of carbonyl (C=O) groups is 2. The normalized spacial score (nSPS) is 19.8. The monoisotopic (exact) mass is 570 g/mol. The van der Waals surface area contributed by atoms with Crippen LogP contribution < -0.4 is 29.0 Å². The van der Waals surface area contributed by atoms with Gasteiger partial charge in [-0.3, -0.25) is 14.5 Å². The van der Waals surface area contributed by atoms with Crippen LogP contribution >= 0.6 is 0 Å². The molecule has 2 aliphatic heterocycles. The first-order chi connectivity index (χ1) is 19.9. The molecule has 2 aromatic rings. The number of benzene rings is 2. The molecule has 0 saturated carbocycles. The number of nitrogens with one attached hydrogen (secondary N) is 1. The molecule has 1 saturated heterocycles. The van der Waals surface area contributed by atoms with Crippen molar-refractivity contribution in [2.24, 2.45) is 5.92 Å². The number of fused-ring (bicyclic) bond motifs is 1. The van der Waals surface area contributed by atoms with Gasteiger partial charge in [0.05, 0.1) is 33.3 Å². The lowest BCUT2D eigenvalue weighted by molar-refractivity contribution is -0.143. The molecule has 2 N–H and O–H groups in total. The number of methoxy groups -OCH3 is 2. The third kappa shape index (κ3) is 7.16. The first-order valence-corrected chi connectivity index (χ1v) is 14.4. The van der Waals surface area contributed by atoms with Crippen LogP contribution in [-0.2, 0) is 9.59 Å². The van der Waals surface area contributed by atoms with Crippen LogP contribution in [-0.4, -0.2) is 74.7 Å². The van der Waals surface area contributed by atoms with Gasteiger partial charge >= 0.3 is 5.97 Å². The fourth-order valence-electron chi connectivity index (χ4n) is 6.03. The number of carboxylic acid groups (broad SMARTS) is 1. The molecule has 2 aromatic carbocycles. The average molecular weight is 571 g/mol. The molecule has 41 heavy (non-hydrogen) atoms. The van der Waals surface area contributed by atoms with Crippen molar-refractivity contribution < 1.29 is 38.4 Å². The van der Waals surface area contributed by atoms with E-state index < -0.39 is 23.8 Å². The number of para-hydroxylation sites is 2. The molecular formula is C31H42N2O8. The zero-order valence-corrected chi connectivity index (χ0v) is 24.4. The van der Waals surface area contributed by atoms with Crippen LogP contribution in [0.4, 0.5) is 0 Å². The highest BCUT2D eigenvalue weighted by atomic mass is 16.7. The predicted octanol–water partition coefficient (Wildman–Crippen LogP) is 4.46. The lowest BCUT2D eigenvalue weighted by Crippen LogP contribution is -2.45. The molecule has 224 valence electrons. The van der Waals surface area contributed by atoms with E-state index in [1.807, 2.05) is 41.3 Å². The first kappa shape index (κ1) is 30.3. The highest BCUT2D eigenvalue weighted by Gasteiger charge is 2.47. The van der Waals surface area contributed by atoms with Crippen LogP contribution in [0.2, 0.25) is 0 Å². The second-order valence-corrected chi connectivity index (χ2v) is 10.6. The van der Waals surface area contributed by atoms with E-state index in [0.29, 0.717) is 41.7 Å². The fourth-order valence-corrected chi connectivity index (χ4v) is 6.03. The minimum atomic E-state index is -0.924. The molecule has 3 atom stereocenters. The minimum Gasteiger partial charge on any atom is -0.493 e. The Labute approximate surface area is 241 Å². The van der Waals surface area contributed by atoms with Crippen LogP contribution in [0.5, 0.6) is 28.7 Å². The summed E-state index contributed by atoms with van der Waals surface area (Å²) in [5.74, 6) is 0.519. The molecule has 0 bridgehead atoms. The molecule has 4 rings (SSSR count). The molecule has 10 heteroatoms. The van der Waals surface area contributed by atoms with Gasteiger partial charge in [-0.05, 0) is 49.1 Å². The zero-order chi connectivity index (χ0) is 29.4. The maximum absolute atomic E-state index is 13.3. The number of ether oxygens (including phenoxy) is 5. The summed E-state index contributed by atoms with van der Waals surface area (Å²) in [6.45, 7) is 5.04. The Bertz CT molecular complexity index is 1180. The number of carboxylic acids is 1. The van der Waals surface area contributed by atoms with Crippen molar-refractivity contribution in [2.45, 2.75) is 64.0 Å². The topological polar surface area (TPSA) is 116 Å². The second-order valence-electron chi connectivity index (χ2n) is 10.6. The van der Waals surface area contributed by atoms with E-state index in [1.165, 1.54) is 0 Å². The van der Waals surface area contributed by atoms with E-state index in [2.05, 4.69) is 19.2 Å². The first-order valence-electron chi connectivity index (χ1n) is 14.4. The van der Waals surface area contributed by atoms with Gasteiger partial charge in [-0.15, -0.1) is 0 Å². The Morgan fingerprint density at radius 3 is 2.41 bits per heavy atom. The molecule has 1 amide bonds. The van der Waals surface area contributed by atoms with Gasteiger partial charge in [0.25, 0.3) is 0 Å². The van der Waals surface area contributed by atoms with Gasteiger partial charge in [0.1, 0.15) is 0 Å². The Hall–Kier alpha value is -3.66. The highest BCUT2D eigenvalue weighted by Crippen LogP contribution is 2.47. The largest absolute Gasteiger partial charge is 0.493 e. The van der Waals surface area contributed by atoms with Crippen molar-refractivity contribution in [3.63, 3.8) is 0 Å². The number of rotatable bonds is 15. The summed E-state index contributed by atoms with van der Waals surface area (Å²) in [5.41, 5.74) is 0.770. The lowest BCUT2D eigenvalue weighted by atomic mass is 9.84. The van der Waals surface area contributed by atoms with Gasteiger partial charge in [-0.25, -0.2) is 0 Å². The summed E-state index contributed by atoms with van der Waals surface area (Å²) < 4.78 is 28.1. The van der Waals surface area contributed by atoms with Gasteiger partial charge in [0.2, 0.25) is 18.4 Å². The molecule has 0 spiro atoms. The van der Waals surface area contributed by atoms with Gasteiger partial charge in [0.15, 0.2) is 23.0 Å². The van der Waals surface area contributed by atoms with Crippen LogP contribution in [0.3, 0.4) is 0 Å². The van der Waals surface area contributed by atoms with Crippen molar-refractivity contribution in [2.75, 3.05) is 40.7 Å². The lowest BCUT2D eigenvalue weighted by Gasteiger charge is -2.27. The van der Waals surface area contributed by atoms with Gasteiger partial charge in [-0.1, -0.05) is 38.8 Å². The molecule has 0 aliphatic carbocycles. The van der Waals surface area contributed by atoms with Crippen molar-refractivity contribution in [1.82, 2.24) is 10.2 Å². The Kier molecular flexibility index (Phi) is 10.6. The second kappa shape index (κ2) is 14.3. The summed E-state index contributed by atoms with van der Waals surface area (Å²) in [6.07, 6.45) is 4.19. The molecule has 2 heterocycles. The highest BCUT2D eigenvalue weighted by molar-refractivity contribution is 5.79. The quantitative estimate of drug-likeness (QED) is 0.320. The smallest absolute Gasteiger partial charge is 0.308 e. The summed E-state index contributed by atoms with van der Waals surface area (Å²) in [4.78, 5) is 28.1.